The van der Waals surface area contributed by atoms with Crippen LogP contribution in [0, 0.1) is 6.92 Å². The molecule has 0 unspecified atom stereocenters. The minimum atomic E-state index is 0.0934. The van der Waals surface area contributed by atoms with Crippen molar-refractivity contribution in [1.29, 1.82) is 0 Å². The quantitative estimate of drug-likeness (QED) is 0.845. The van der Waals surface area contributed by atoms with Crippen molar-refractivity contribution >= 4 is 16.9 Å². The molecular weight excluding hydrogens is 340 g/mol. The lowest BCUT2D eigenvalue weighted by Gasteiger charge is -2.45. The first-order valence-corrected chi connectivity index (χ1v) is 10.3. The molecule has 27 heavy (non-hydrogen) atoms. The van der Waals surface area contributed by atoms with E-state index in [1.54, 1.807) is 11.2 Å². The second-order valence-electron chi connectivity index (χ2n) is 8.27. The molecule has 1 saturated heterocycles. The van der Waals surface area contributed by atoms with Gasteiger partial charge in [0.05, 0.1) is 32.4 Å². The number of aryl methyl sites for hydroxylation is 1. The lowest BCUT2D eigenvalue weighted by Crippen LogP contribution is -3.23. The maximum Gasteiger partial charge on any atom is 0.224 e. The predicted octanol–water partition coefficient (Wildman–Crippen LogP) is 2.02. The third-order valence-corrected chi connectivity index (χ3v) is 6.44. The molecule has 2 N–H and O–H groups in total. The van der Waals surface area contributed by atoms with Crippen LogP contribution in [0.2, 0.25) is 0 Å². The topological polar surface area (TPSA) is 55.9 Å². The van der Waals surface area contributed by atoms with Crippen LogP contribution in [0.25, 0.3) is 11.0 Å². The number of hydrogen-bond acceptors (Lipinski definition) is 3. The summed E-state index contributed by atoms with van der Waals surface area (Å²) in [5.41, 5.74) is 3.19. The molecule has 1 aliphatic carbocycles. The van der Waals surface area contributed by atoms with Gasteiger partial charge in [0.25, 0.3) is 0 Å². The summed E-state index contributed by atoms with van der Waals surface area (Å²) in [7, 11) is 0. The van der Waals surface area contributed by atoms with Gasteiger partial charge in [0.1, 0.15) is 24.2 Å². The fourth-order valence-electron chi connectivity index (χ4n) is 4.86. The van der Waals surface area contributed by atoms with Crippen LogP contribution < -0.4 is 10.2 Å². The maximum atomic E-state index is 12.7. The summed E-state index contributed by atoms with van der Waals surface area (Å²) in [6, 6.07) is 6.14. The van der Waals surface area contributed by atoms with Gasteiger partial charge < -0.3 is 19.4 Å². The summed E-state index contributed by atoms with van der Waals surface area (Å²) in [6.07, 6.45) is 8.38. The average molecular weight is 372 g/mol. The van der Waals surface area contributed by atoms with E-state index in [0.29, 0.717) is 6.42 Å². The number of amides is 1. The molecule has 0 bridgehead atoms. The third-order valence-electron chi connectivity index (χ3n) is 6.44. The van der Waals surface area contributed by atoms with Gasteiger partial charge in [-0.2, -0.15) is 0 Å². The number of ether oxygens (including phenoxy) is 1. The summed E-state index contributed by atoms with van der Waals surface area (Å²) in [5.74, 6) is 0.0934. The van der Waals surface area contributed by atoms with Crippen molar-refractivity contribution < 1.29 is 18.8 Å². The molecule has 0 radical (unpaired) electrons. The SMILES string of the molecule is Cc1ccc2c(CC(=O)NCC3([NH+]4CCOCC4)CCCCC3)coc2c1. The van der Waals surface area contributed by atoms with E-state index in [1.165, 1.54) is 37.7 Å². The molecule has 1 aliphatic heterocycles. The van der Waals surface area contributed by atoms with E-state index in [9.17, 15) is 4.79 Å². The van der Waals surface area contributed by atoms with E-state index in [0.717, 1.165) is 49.4 Å². The Morgan fingerprint density at radius 1 is 1.19 bits per heavy atom. The van der Waals surface area contributed by atoms with E-state index < -0.39 is 0 Å². The number of hydrogen-bond donors (Lipinski definition) is 2. The Morgan fingerprint density at radius 3 is 2.74 bits per heavy atom. The summed E-state index contributed by atoms with van der Waals surface area (Å²) >= 11 is 0. The number of carbonyl (C=O) groups excluding carboxylic acids is 1. The molecule has 4 rings (SSSR count). The molecular formula is C22H31N2O3+. The maximum absolute atomic E-state index is 12.7. The monoisotopic (exact) mass is 371 g/mol. The van der Waals surface area contributed by atoms with Crippen LogP contribution in [0.4, 0.5) is 0 Å². The van der Waals surface area contributed by atoms with Crippen molar-refractivity contribution in [1.82, 2.24) is 5.32 Å². The summed E-state index contributed by atoms with van der Waals surface area (Å²) in [5, 5.41) is 4.31. The Kier molecular flexibility index (Phi) is 5.50. The Hall–Kier alpha value is -1.85. The first-order chi connectivity index (χ1) is 13.2. The van der Waals surface area contributed by atoms with Gasteiger partial charge in [0.15, 0.2) is 0 Å². The van der Waals surface area contributed by atoms with Crippen LogP contribution in [0.5, 0.6) is 0 Å². The van der Waals surface area contributed by atoms with Gasteiger partial charge in [-0.25, -0.2) is 0 Å². The zero-order valence-electron chi connectivity index (χ0n) is 16.3. The zero-order valence-corrected chi connectivity index (χ0v) is 16.3. The summed E-state index contributed by atoms with van der Waals surface area (Å²) < 4.78 is 11.2. The Balaban J connectivity index is 1.41. The number of nitrogens with one attached hydrogen (secondary N) is 2. The molecule has 1 amide bonds. The molecule has 2 aromatic rings. The van der Waals surface area contributed by atoms with E-state index in [2.05, 4.69) is 17.4 Å². The van der Waals surface area contributed by atoms with Crippen LogP contribution in [0.3, 0.4) is 0 Å². The zero-order chi connectivity index (χ0) is 18.7. The first-order valence-electron chi connectivity index (χ1n) is 10.3. The predicted molar refractivity (Wildman–Crippen MR) is 105 cm³/mol. The minimum Gasteiger partial charge on any atom is -0.464 e. The highest BCUT2D eigenvalue weighted by molar-refractivity contribution is 5.87. The van der Waals surface area contributed by atoms with E-state index in [-0.39, 0.29) is 11.4 Å². The Morgan fingerprint density at radius 2 is 1.96 bits per heavy atom. The van der Waals surface area contributed by atoms with Gasteiger partial charge in [0.2, 0.25) is 5.91 Å². The van der Waals surface area contributed by atoms with Gasteiger partial charge in [-0.3, -0.25) is 4.79 Å². The van der Waals surface area contributed by atoms with Crippen LogP contribution in [0.1, 0.15) is 43.2 Å². The number of fused-ring (bicyclic) bond motifs is 1. The highest BCUT2D eigenvalue weighted by Crippen LogP contribution is 2.26. The van der Waals surface area contributed by atoms with Crippen molar-refractivity contribution in [3.63, 3.8) is 0 Å². The first kappa shape index (κ1) is 18.5. The molecule has 2 fully saturated rings. The van der Waals surface area contributed by atoms with Crippen LogP contribution >= 0.6 is 0 Å². The number of morpholine rings is 1. The fraction of sp³-hybridized carbons (Fsp3) is 0.591. The Bertz CT molecular complexity index is 786. The molecule has 1 aromatic heterocycles. The van der Waals surface area contributed by atoms with Crippen molar-refractivity contribution in [3.8, 4) is 0 Å². The molecule has 1 saturated carbocycles. The number of benzene rings is 1. The summed E-state index contributed by atoms with van der Waals surface area (Å²) in [4.78, 5) is 14.3. The molecule has 2 aliphatic rings. The number of furan rings is 1. The fourth-order valence-corrected chi connectivity index (χ4v) is 4.86. The molecule has 0 atom stereocenters. The second-order valence-corrected chi connectivity index (χ2v) is 8.27. The molecule has 2 heterocycles. The molecule has 1 aromatic carbocycles. The second kappa shape index (κ2) is 8.03. The van der Waals surface area contributed by atoms with Gasteiger partial charge in [-0.05, 0) is 31.4 Å². The normalized spacial score (nSPS) is 20.6. The average Bonchev–Trinajstić information content (AvgIpc) is 3.09. The summed E-state index contributed by atoms with van der Waals surface area (Å²) in [6.45, 7) is 6.61. The number of carbonyl (C=O) groups is 1. The highest BCUT2D eigenvalue weighted by atomic mass is 16.5. The van der Waals surface area contributed by atoms with Gasteiger partial charge in [-0.15, -0.1) is 0 Å². The van der Waals surface area contributed by atoms with Crippen LogP contribution in [-0.2, 0) is 16.0 Å². The lowest BCUT2D eigenvalue weighted by molar-refractivity contribution is -0.960. The largest absolute Gasteiger partial charge is 0.464 e. The lowest BCUT2D eigenvalue weighted by atomic mass is 9.79. The van der Waals surface area contributed by atoms with Gasteiger partial charge >= 0.3 is 0 Å². The highest BCUT2D eigenvalue weighted by Gasteiger charge is 2.42. The van der Waals surface area contributed by atoms with Crippen LogP contribution in [-0.4, -0.2) is 44.3 Å². The van der Waals surface area contributed by atoms with Crippen molar-refractivity contribution in [3.05, 3.63) is 35.6 Å². The molecule has 146 valence electrons. The van der Waals surface area contributed by atoms with Gasteiger partial charge in [-0.1, -0.05) is 18.6 Å². The van der Waals surface area contributed by atoms with Crippen LogP contribution in [0.15, 0.2) is 28.9 Å². The van der Waals surface area contributed by atoms with Crippen molar-refractivity contribution in [2.45, 2.75) is 51.0 Å². The standard InChI is InChI=1S/C22H30N2O3/c1-17-5-6-19-18(15-27-20(19)13-17)14-21(25)23-16-22(7-3-2-4-8-22)24-9-11-26-12-10-24/h5-6,13,15H,2-4,7-12,14,16H2,1H3,(H,23,25)/p+1. The van der Waals surface area contributed by atoms with E-state index in [4.69, 9.17) is 9.15 Å². The van der Waals surface area contributed by atoms with E-state index in [1.807, 2.05) is 13.0 Å². The third kappa shape index (κ3) is 4.04. The van der Waals surface area contributed by atoms with E-state index >= 15 is 0 Å². The van der Waals surface area contributed by atoms with Crippen molar-refractivity contribution in [2.24, 2.45) is 0 Å². The van der Waals surface area contributed by atoms with Gasteiger partial charge in [0, 0.05) is 23.8 Å². The molecule has 0 spiro atoms. The molecule has 5 heteroatoms. The molecule has 5 nitrogen and oxygen atoms in total. The number of quaternary nitrogens is 1. The smallest absolute Gasteiger partial charge is 0.224 e. The Labute approximate surface area is 161 Å². The van der Waals surface area contributed by atoms with Crippen molar-refractivity contribution in [2.75, 3.05) is 32.8 Å². The number of rotatable bonds is 5. The minimum absolute atomic E-state index is 0.0934.